The van der Waals surface area contributed by atoms with E-state index in [1.165, 1.54) is 31.2 Å². The average Bonchev–Trinajstić information content (AvgIpc) is 3.23. The maximum atomic E-state index is 4.57. The Bertz CT molecular complexity index is 561. The van der Waals surface area contributed by atoms with Gasteiger partial charge in [0.05, 0.1) is 0 Å². The molecule has 1 aromatic carbocycles. The molecule has 0 spiro atoms. The zero-order valence-electron chi connectivity index (χ0n) is 16.2. The Morgan fingerprint density at radius 2 is 1.96 bits per heavy atom. The number of aliphatic imine (C=N–C) groups is 1. The predicted octanol–water partition coefficient (Wildman–Crippen LogP) is 3.00. The Labute approximate surface area is 153 Å². The first-order valence-corrected chi connectivity index (χ1v) is 9.93. The number of nitrogens with zero attached hydrogens (tertiary/aromatic N) is 3. The maximum absolute atomic E-state index is 4.57. The smallest absolute Gasteiger partial charge is 0.193 e. The van der Waals surface area contributed by atoms with Gasteiger partial charge in [-0.25, -0.2) is 0 Å². The Morgan fingerprint density at radius 3 is 2.56 bits per heavy atom. The summed E-state index contributed by atoms with van der Waals surface area (Å²) in [4.78, 5) is 9.59. The molecule has 0 radical (unpaired) electrons. The van der Waals surface area contributed by atoms with Crippen molar-refractivity contribution in [1.29, 1.82) is 0 Å². The maximum Gasteiger partial charge on any atom is 0.193 e. The molecule has 4 nitrogen and oxygen atoms in total. The van der Waals surface area contributed by atoms with Crippen LogP contribution in [0.2, 0.25) is 0 Å². The third-order valence-electron chi connectivity index (χ3n) is 6.00. The molecular formula is C21H34N4. The molecule has 1 N–H and O–H groups in total. The molecule has 3 rings (SSSR count). The quantitative estimate of drug-likeness (QED) is 0.610. The zero-order chi connectivity index (χ0) is 17.7. The fourth-order valence-electron chi connectivity index (χ4n) is 4.19. The number of hydrogen-bond acceptors (Lipinski definition) is 2. The first-order valence-electron chi connectivity index (χ1n) is 9.93. The predicted molar refractivity (Wildman–Crippen MR) is 106 cm³/mol. The van der Waals surface area contributed by atoms with Crippen LogP contribution in [0.1, 0.15) is 38.7 Å². The molecule has 1 aliphatic heterocycles. The van der Waals surface area contributed by atoms with E-state index in [4.69, 9.17) is 0 Å². The van der Waals surface area contributed by atoms with Crippen molar-refractivity contribution in [3.8, 4) is 0 Å². The Hall–Kier alpha value is -1.55. The molecule has 2 aliphatic rings. The van der Waals surface area contributed by atoms with Gasteiger partial charge in [0.25, 0.3) is 0 Å². The summed E-state index contributed by atoms with van der Waals surface area (Å²) >= 11 is 0. The Kier molecular flexibility index (Phi) is 6.00. The first-order chi connectivity index (χ1) is 12.2. The fourth-order valence-corrected chi connectivity index (χ4v) is 4.19. The van der Waals surface area contributed by atoms with Crippen molar-refractivity contribution >= 4 is 5.96 Å². The molecule has 1 saturated carbocycles. The van der Waals surface area contributed by atoms with Gasteiger partial charge < -0.3 is 10.2 Å². The van der Waals surface area contributed by atoms with Crippen LogP contribution in [0.4, 0.5) is 0 Å². The van der Waals surface area contributed by atoms with Crippen molar-refractivity contribution in [3.05, 3.63) is 35.9 Å². The van der Waals surface area contributed by atoms with E-state index >= 15 is 0 Å². The van der Waals surface area contributed by atoms with Gasteiger partial charge in [-0.2, -0.15) is 0 Å². The number of guanidine groups is 1. The lowest BCUT2D eigenvalue weighted by atomic mass is 9.96. The Balaban J connectivity index is 1.52. The van der Waals surface area contributed by atoms with Crippen LogP contribution in [0.25, 0.3) is 0 Å². The van der Waals surface area contributed by atoms with Gasteiger partial charge in [-0.1, -0.05) is 44.2 Å². The molecule has 0 bridgehead atoms. The lowest BCUT2D eigenvalue weighted by molar-refractivity contribution is 0.223. The van der Waals surface area contributed by atoms with Crippen LogP contribution in [0, 0.1) is 5.41 Å². The largest absolute Gasteiger partial charge is 0.356 e. The van der Waals surface area contributed by atoms with Gasteiger partial charge in [-0.3, -0.25) is 9.89 Å². The summed E-state index contributed by atoms with van der Waals surface area (Å²) in [6, 6.07) is 11.6. The molecule has 0 aromatic heterocycles. The number of likely N-dealkylation sites (tertiary alicyclic amines) is 1. The number of hydrogen-bond donors (Lipinski definition) is 1. The van der Waals surface area contributed by atoms with Gasteiger partial charge in [0, 0.05) is 32.7 Å². The van der Waals surface area contributed by atoms with Crippen LogP contribution < -0.4 is 5.32 Å². The van der Waals surface area contributed by atoms with E-state index in [2.05, 4.69) is 64.3 Å². The summed E-state index contributed by atoms with van der Waals surface area (Å²) in [5.41, 5.74) is 1.90. The van der Waals surface area contributed by atoms with Crippen molar-refractivity contribution in [1.82, 2.24) is 15.1 Å². The van der Waals surface area contributed by atoms with E-state index in [1.54, 1.807) is 0 Å². The molecule has 1 unspecified atom stereocenters. The molecule has 1 atom stereocenters. The zero-order valence-corrected chi connectivity index (χ0v) is 16.2. The SMILES string of the molecule is CCN(CC)C1CCN(C(=NC)NCC2(Cc3ccccc3)CC2)C1. The molecule has 1 aromatic rings. The van der Waals surface area contributed by atoms with Crippen molar-refractivity contribution in [2.45, 2.75) is 45.6 Å². The molecule has 0 amide bonds. The van der Waals surface area contributed by atoms with Gasteiger partial charge in [0.2, 0.25) is 0 Å². The number of likely N-dealkylation sites (N-methyl/N-ethyl adjacent to an activating group) is 1. The van der Waals surface area contributed by atoms with Crippen molar-refractivity contribution in [2.75, 3.05) is 39.8 Å². The Morgan fingerprint density at radius 1 is 1.24 bits per heavy atom. The average molecular weight is 343 g/mol. The lowest BCUT2D eigenvalue weighted by Gasteiger charge is -2.28. The van der Waals surface area contributed by atoms with Crippen LogP contribution in [-0.2, 0) is 6.42 Å². The van der Waals surface area contributed by atoms with Crippen molar-refractivity contribution in [3.63, 3.8) is 0 Å². The monoisotopic (exact) mass is 342 g/mol. The van der Waals surface area contributed by atoms with Crippen LogP contribution in [0.15, 0.2) is 35.3 Å². The molecule has 4 heteroatoms. The van der Waals surface area contributed by atoms with E-state index in [0.717, 1.165) is 38.7 Å². The molecular weight excluding hydrogens is 308 g/mol. The van der Waals surface area contributed by atoms with E-state index in [-0.39, 0.29) is 0 Å². The van der Waals surface area contributed by atoms with E-state index in [1.807, 2.05) is 7.05 Å². The summed E-state index contributed by atoms with van der Waals surface area (Å²) in [5.74, 6) is 1.09. The van der Waals surface area contributed by atoms with Gasteiger partial charge in [-0.15, -0.1) is 0 Å². The summed E-state index contributed by atoms with van der Waals surface area (Å²) < 4.78 is 0. The van der Waals surface area contributed by atoms with Crippen molar-refractivity contribution < 1.29 is 0 Å². The summed E-state index contributed by atoms with van der Waals surface area (Å²) in [7, 11) is 1.92. The standard InChI is InChI=1S/C21H34N4/c1-4-24(5-2)19-11-14-25(16-19)20(22-3)23-17-21(12-13-21)15-18-9-7-6-8-10-18/h6-10,19H,4-5,11-17H2,1-3H3,(H,22,23). The third kappa shape index (κ3) is 4.55. The lowest BCUT2D eigenvalue weighted by Crippen LogP contribution is -2.44. The van der Waals surface area contributed by atoms with Crippen LogP contribution in [0.3, 0.4) is 0 Å². The second-order valence-corrected chi connectivity index (χ2v) is 7.67. The van der Waals surface area contributed by atoms with Gasteiger partial charge in [-0.05, 0) is 49.8 Å². The molecule has 138 valence electrons. The highest BCUT2D eigenvalue weighted by atomic mass is 15.3. The van der Waals surface area contributed by atoms with E-state index in [0.29, 0.717) is 11.5 Å². The molecule has 1 saturated heterocycles. The molecule has 2 fully saturated rings. The molecule has 1 heterocycles. The second-order valence-electron chi connectivity index (χ2n) is 7.67. The minimum Gasteiger partial charge on any atom is -0.356 e. The van der Waals surface area contributed by atoms with Gasteiger partial charge in [0.1, 0.15) is 0 Å². The minimum atomic E-state index is 0.440. The molecule has 25 heavy (non-hydrogen) atoms. The minimum absolute atomic E-state index is 0.440. The highest BCUT2D eigenvalue weighted by Crippen LogP contribution is 2.47. The summed E-state index contributed by atoms with van der Waals surface area (Å²) in [5, 5.41) is 3.69. The number of nitrogens with one attached hydrogen (secondary N) is 1. The highest BCUT2D eigenvalue weighted by Gasteiger charge is 2.42. The summed E-state index contributed by atoms with van der Waals surface area (Å²) in [6.45, 7) is 10.1. The van der Waals surface area contributed by atoms with Gasteiger partial charge in [0.15, 0.2) is 5.96 Å². The van der Waals surface area contributed by atoms with Crippen molar-refractivity contribution in [2.24, 2.45) is 10.4 Å². The molecule has 1 aliphatic carbocycles. The second kappa shape index (κ2) is 8.22. The fraction of sp³-hybridized carbons (Fsp3) is 0.667. The topological polar surface area (TPSA) is 30.9 Å². The normalized spacial score (nSPS) is 22.5. The van der Waals surface area contributed by atoms with Gasteiger partial charge >= 0.3 is 0 Å². The number of benzene rings is 1. The van der Waals surface area contributed by atoms with Crippen LogP contribution in [0.5, 0.6) is 0 Å². The number of rotatable bonds is 7. The first kappa shape index (κ1) is 18.2. The van der Waals surface area contributed by atoms with Crippen LogP contribution >= 0.6 is 0 Å². The van der Waals surface area contributed by atoms with Crippen LogP contribution in [-0.4, -0.2) is 61.6 Å². The van der Waals surface area contributed by atoms with E-state index < -0.39 is 0 Å². The third-order valence-corrected chi connectivity index (χ3v) is 6.00. The highest BCUT2D eigenvalue weighted by molar-refractivity contribution is 5.80. The summed E-state index contributed by atoms with van der Waals surface area (Å²) in [6.07, 6.45) is 5.08. The van der Waals surface area contributed by atoms with E-state index in [9.17, 15) is 0 Å².